The van der Waals surface area contributed by atoms with Gasteiger partial charge in [-0.2, -0.15) is 9.57 Å². The number of sulfonamides is 1. The molecule has 1 fully saturated rings. The molecule has 1 saturated heterocycles. The number of benzene rings is 2. The SMILES string of the molecule is N#Cc1cccc(C(=O)Nc2ccc(Cl)c(S(=O)(=O)N3CCOCC3)c2)c1. The predicted molar refractivity (Wildman–Crippen MR) is 100 cm³/mol. The number of morpholine rings is 1. The number of hydrogen-bond donors (Lipinski definition) is 1. The van der Waals surface area contributed by atoms with Crippen molar-refractivity contribution in [3.05, 3.63) is 58.6 Å². The van der Waals surface area contributed by atoms with Crippen molar-refractivity contribution < 1.29 is 17.9 Å². The van der Waals surface area contributed by atoms with Crippen LogP contribution >= 0.6 is 11.6 Å². The zero-order valence-electron chi connectivity index (χ0n) is 14.2. The second-order valence-electron chi connectivity index (χ2n) is 5.81. The maximum Gasteiger partial charge on any atom is 0.255 e. The van der Waals surface area contributed by atoms with E-state index < -0.39 is 15.9 Å². The summed E-state index contributed by atoms with van der Waals surface area (Å²) >= 11 is 6.11. The number of rotatable bonds is 4. The molecule has 7 nitrogen and oxygen atoms in total. The summed E-state index contributed by atoms with van der Waals surface area (Å²) in [5, 5.41) is 11.6. The van der Waals surface area contributed by atoms with Gasteiger partial charge in [-0.25, -0.2) is 8.42 Å². The summed E-state index contributed by atoms with van der Waals surface area (Å²) in [6, 6.07) is 12.5. The first-order chi connectivity index (χ1) is 12.9. The maximum atomic E-state index is 12.8. The maximum absolute atomic E-state index is 12.8. The van der Waals surface area contributed by atoms with Gasteiger partial charge in [0, 0.05) is 24.3 Å². The third-order valence-corrected chi connectivity index (χ3v) is 6.41. The van der Waals surface area contributed by atoms with E-state index in [1.807, 2.05) is 6.07 Å². The molecule has 0 bridgehead atoms. The Bertz CT molecular complexity index is 1010. The molecular weight excluding hydrogens is 390 g/mol. The van der Waals surface area contributed by atoms with Gasteiger partial charge in [0.05, 0.1) is 29.9 Å². The molecule has 0 atom stereocenters. The van der Waals surface area contributed by atoms with E-state index in [0.29, 0.717) is 30.0 Å². The summed E-state index contributed by atoms with van der Waals surface area (Å²) in [7, 11) is -3.80. The van der Waals surface area contributed by atoms with Crippen LogP contribution in [0.4, 0.5) is 5.69 Å². The van der Waals surface area contributed by atoms with Gasteiger partial charge < -0.3 is 10.1 Å². The zero-order chi connectivity index (χ0) is 19.4. The van der Waals surface area contributed by atoms with E-state index in [4.69, 9.17) is 21.6 Å². The van der Waals surface area contributed by atoms with Gasteiger partial charge in [0.15, 0.2) is 0 Å². The van der Waals surface area contributed by atoms with E-state index in [2.05, 4.69) is 5.32 Å². The summed E-state index contributed by atoms with van der Waals surface area (Å²) in [5.41, 5.74) is 0.939. The summed E-state index contributed by atoms with van der Waals surface area (Å²) in [6.07, 6.45) is 0. The molecule has 0 unspecified atom stereocenters. The summed E-state index contributed by atoms with van der Waals surface area (Å²) in [6.45, 7) is 1.14. The Balaban J connectivity index is 1.87. The number of halogens is 1. The molecule has 140 valence electrons. The number of nitrogens with one attached hydrogen (secondary N) is 1. The minimum atomic E-state index is -3.80. The quantitative estimate of drug-likeness (QED) is 0.842. The van der Waals surface area contributed by atoms with Crippen LogP contribution in [0, 0.1) is 11.3 Å². The normalized spacial score (nSPS) is 15.1. The highest BCUT2D eigenvalue weighted by atomic mass is 35.5. The lowest BCUT2D eigenvalue weighted by atomic mass is 10.1. The molecule has 2 aromatic rings. The largest absolute Gasteiger partial charge is 0.379 e. The first kappa shape index (κ1) is 19.3. The van der Waals surface area contributed by atoms with Gasteiger partial charge in [-0.05, 0) is 36.4 Å². The Kier molecular flexibility index (Phi) is 5.77. The second kappa shape index (κ2) is 8.06. The van der Waals surface area contributed by atoms with Crippen LogP contribution in [0.3, 0.4) is 0 Å². The highest BCUT2D eigenvalue weighted by Crippen LogP contribution is 2.28. The van der Waals surface area contributed by atoms with Gasteiger partial charge in [-0.3, -0.25) is 4.79 Å². The van der Waals surface area contributed by atoms with Crippen molar-refractivity contribution in [2.45, 2.75) is 4.90 Å². The lowest BCUT2D eigenvalue weighted by Crippen LogP contribution is -2.40. The van der Waals surface area contributed by atoms with Gasteiger partial charge in [0.2, 0.25) is 10.0 Å². The number of carbonyl (C=O) groups excluding carboxylic acids is 1. The van der Waals surface area contributed by atoms with E-state index in [1.165, 1.54) is 28.6 Å². The monoisotopic (exact) mass is 405 g/mol. The highest BCUT2D eigenvalue weighted by Gasteiger charge is 2.28. The molecule has 1 aliphatic rings. The molecule has 1 N–H and O–H groups in total. The van der Waals surface area contributed by atoms with Crippen LogP contribution in [0.5, 0.6) is 0 Å². The van der Waals surface area contributed by atoms with Crippen LogP contribution in [0.2, 0.25) is 5.02 Å². The second-order valence-corrected chi connectivity index (χ2v) is 8.12. The van der Waals surface area contributed by atoms with E-state index in [0.717, 1.165) is 0 Å². The summed E-state index contributed by atoms with van der Waals surface area (Å²) < 4.78 is 32.2. The first-order valence-corrected chi connectivity index (χ1v) is 9.92. The molecule has 3 rings (SSSR count). The van der Waals surface area contributed by atoms with Crippen LogP contribution < -0.4 is 5.32 Å². The number of carbonyl (C=O) groups is 1. The Morgan fingerprint density at radius 2 is 1.93 bits per heavy atom. The van der Waals surface area contributed by atoms with Gasteiger partial charge >= 0.3 is 0 Å². The van der Waals surface area contributed by atoms with E-state index in [9.17, 15) is 13.2 Å². The van der Waals surface area contributed by atoms with Gasteiger partial charge in [0.1, 0.15) is 4.90 Å². The van der Waals surface area contributed by atoms with Gasteiger partial charge in [0.25, 0.3) is 5.91 Å². The lowest BCUT2D eigenvalue weighted by Gasteiger charge is -2.26. The lowest BCUT2D eigenvalue weighted by molar-refractivity contribution is 0.0730. The average molecular weight is 406 g/mol. The topological polar surface area (TPSA) is 99.5 Å². The Hall–Kier alpha value is -2.44. The molecule has 0 aliphatic carbocycles. The Morgan fingerprint density at radius 3 is 2.63 bits per heavy atom. The molecule has 1 amide bonds. The fourth-order valence-corrected chi connectivity index (χ4v) is 4.55. The van der Waals surface area contributed by atoms with Crippen LogP contribution in [0.15, 0.2) is 47.4 Å². The highest BCUT2D eigenvalue weighted by molar-refractivity contribution is 7.89. The number of nitrogens with zero attached hydrogens (tertiary/aromatic N) is 2. The summed E-state index contributed by atoms with van der Waals surface area (Å²) in [4.78, 5) is 12.3. The molecule has 27 heavy (non-hydrogen) atoms. The molecule has 2 aromatic carbocycles. The average Bonchev–Trinajstić information content (AvgIpc) is 2.70. The third-order valence-electron chi connectivity index (χ3n) is 4.03. The molecular formula is C18H16ClN3O4S. The number of nitriles is 1. The fraction of sp³-hybridized carbons (Fsp3) is 0.222. The van der Waals surface area contributed by atoms with Crippen molar-refractivity contribution in [1.82, 2.24) is 4.31 Å². The third kappa shape index (κ3) is 4.28. The number of amides is 1. The predicted octanol–water partition coefficient (Wildman–Crippen LogP) is 2.48. The van der Waals surface area contributed by atoms with Crippen LogP contribution in [0.1, 0.15) is 15.9 Å². The Morgan fingerprint density at radius 1 is 1.19 bits per heavy atom. The number of hydrogen-bond acceptors (Lipinski definition) is 5. The number of ether oxygens (including phenoxy) is 1. The zero-order valence-corrected chi connectivity index (χ0v) is 15.8. The molecule has 9 heteroatoms. The van der Waals surface area contributed by atoms with Crippen molar-refractivity contribution in [1.29, 1.82) is 5.26 Å². The van der Waals surface area contributed by atoms with E-state index in [1.54, 1.807) is 18.2 Å². The van der Waals surface area contributed by atoms with Crippen LogP contribution in [-0.2, 0) is 14.8 Å². The van der Waals surface area contributed by atoms with Gasteiger partial charge in [-0.1, -0.05) is 17.7 Å². The van der Waals surface area contributed by atoms with Crippen LogP contribution in [0.25, 0.3) is 0 Å². The first-order valence-electron chi connectivity index (χ1n) is 8.11. The van der Waals surface area contributed by atoms with Crippen molar-refractivity contribution in [3.8, 4) is 6.07 Å². The van der Waals surface area contributed by atoms with E-state index >= 15 is 0 Å². The molecule has 0 spiro atoms. The number of anilines is 1. The molecule has 0 saturated carbocycles. The molecule has 1 aliphatic heterocycles. The fourth-order valence-electron chi connectivity index (χ4n) is 2.64. The van der Waals surface area contributed by atoms with Gasteiger partial charge in [-0.15, -0.1) is 0 Å². The van der Waals surface area contributed by atoms with E-state index in [-0.39, 0.29) is 23.0 Å². The minimum Gasteiger partial charge on any atom is -0.379 e. The molecule has 1 heterocycles. The summed E-state index contributed by atoms with van der Waals surface area (Å²) in [5.74, 6) is -0.454. The molecule has 0 aromatic heterocycles. The Labute approximate surface area is 162 Å². The van der Waals surface area contributed by atoms with Crippen LogP contribution in [-0.4, -0.2) is 44.9 Å². The van der Waals surface area contributed by atoms with Crippen molar-refractivity contribution in [2.75, 3.05) is 31.6 Å². The standard InChI is InChI=1S/C18H16ClN3O4S/c19-16-5-4-15(21-18(23)14-3-1-2-13(10-14)12-20)11-17(16)27(24,25)22-6-8-26-9-7-22/h1-5,10-11H,6-9H2,(H,21,23). The van der Waals surface area contributed by atoms with Crippen molar-refractivity contribution in [3.63, 3.8) is 0 Å². The van der Waals surface area contributed by atoms with Crippen molar-refractivity contribution >= 4 is 33.2 Å². The van der Waals surface area contributed by atoms with Crippen molar-refractivity contribution in [2.24, 2.45) is 0 Å². The minimum absolute atomic E-state index is 0.0744. The smallest absolute Gasteiger partial charge is 0.255 e. The molecule has 0 radical (unpaired) electrons.